The summed E-state index contributed by atoms with van der Waals surface area (Å²) in [6, 6.07) is 0. The number of ether oxygens (including phenoxy) is 1. The van der Waals surface area contributed by atoms with Crippen LogP contribution in [0.2, 0.25) is 0 Å². The first-order valence-corrected chi connectivity index (χ1v) is 4.76. The fourth-order valence-electron chi connectivity index (χ4n) is 0.585. The van der Waals surface area contributed by atoms with Crippen LogP contribution in [0.3, 0.4) is 0 Å². The van der Waals surface area contributed by atoms with E-state index in [2.05, 4.69) is 26.1 Å². The molecule has 12 heavy (non-hydrogen) atoms. The molecule has 1 fully saturated rings. The van der Waals surface area contributed by atoms with E-state index in [0.717, 1.165) is 13.0 Å². The lowest BCUT2D eigenvalue weighted by atomic mass is 9.93. The SMILES string of the molecule is C1CNC1.COCCC(C)(C)C. The highest BCUT2D eigenvalue weighted by molar-refractivity contribution is 4.59. The molecule has 1 aliphatic rings. The van der Waals surface area contributed by atoms with Gasteiger partial charge in [0.2, 0.25) is 0 Å². The van der Waals surface area contributed by atoms with Crippen molar-refractivity contribution in [3.63, 3.8) is 0 Å². The average molecular weight is 173 g/mol. The molecule has 1 rings (SSSR count). The Kier molecular flexibility index (Phi) is 6.39. The lowest BCUT2D eigenvalue weighted by molar-refractivity contribution is 0.159. The smallest absolute Gasteiger partial charge is 0.0467 e. The fraction of sp³-hybridized carbons (Fsp3) is 1.00. The van der Waals surface area contributed by atoms with E-state index in [1.807, 2.05) is 0 Å². The first-order chi connectivity index (χ1) is 5.56. The summed E-state index contributed by atoms with van der Waals surface area (Å²) in [5, 5.41) is 3.11. The van der Waals surface area contributed by atoms with Gasteiger partial charge in [0, 0.05) is 13.7 Å². The summed E-state index contributed by atoms with van der Waals surface area (Å²) in [6.07, 6.45) is 2.53. The minimum atomic E-state index is 0.427. The molecule has 0 saturated carbocycles. The monoisotopic (exact) mass is 173 g/mol. The second-order valence-electron chi connectivity index (χ2n) is 4.41. The molecule has 0 aliphatic carbocycles. The summed E-state index contributed by atoms with van der Waals surface area (Å²) in [4.78, 5) is 0. The second-order valence-corrected chi connectivity index (χ2v) is 4.41. The van der Waals surface area contributed by atoms with Crippen molar-refractivity contribution in [1.29, 1.82) is 0 Å². The van der Waals surface area contributed by atoms with Crippen molar-refractivity contribution in [3.8, 4) is 0 Å². The van der Waals surface area contributed by atoms with Gasteiger partial charge in [-0.2, -0.15) is 0 Å². The van der Waals surface area contributed by atoms with Crippen molar-refractivity contribution in [2.75, 3.05) is 26.8 Å². The molecular weight excluding hydrogens is 150 g/mol. The maximum atomic E-state index is 4.92. The third-order valence-electron chi connectivity index (χ3n) is 1.76. The van der Waals surface area contributed by atoms with E-state index in [4.69, 9.17) is 4.74 Å². The van der Waals surface area contributed by atoms with Crippen molar-refractivity contribution in [2.24, 2.45) is 5.41 Å². The molecule has 1 heterocycles. The van der Waals surface area contributed by atoms with Gasteiger partial charge in [-0.1, -0.05) is 20.8 Å². The summed E-state index contributed by atoms with van der Waals surface area (Å²) in [5.41, 5.74) is 0.427. The topological polar surface area (TPSA) is 21.3 Å². The lowest BCUT2D eigenvalue weighted by Gasteiger charge is -2.16. The zero-order valence-corrected chi connectivity index (χ0v) is 8.94. The van der Waals surface area contributed by atoms with Gasteiger partial charge in [-0.15, -0.1) is 0 Å². The number of nitrogens with one attached hydrogen (secondary N) is 1. The Labute approximate surface area is 76.7 Å². The molecule has 0 aromatic heterocycles. The van der Waals surface area contributed by atoms with Gasteiger partial charge in [0.25, 0.3) is 0 Å². The van der Waals surface area contributed by atoms with Gasteiger partial charge in [-0.3, -0.25) is 0 Å². The minimum absolute atomic E-state index is 0.427. The average Bonchev–Trinajstić information content (AvgIpc) is 1.77. The molecule has 2 heteroatoms. The minimum Gasteiger partial charge on any atom is -0.385 e. The maximum absolute atomic E-state index is 4.92. The predicted octanol–water partition coefficient (Wildman–Crippen LogP) is 2.05. The van der Waals surface area contributed by atoms with Gasteiger partial charge < -0.3 is 10.1 Å². The Balaban J connectivity index is 0.000000247. The fourth-order valence-corrected chi connectivity index (χ4v) is 0.585. The molecular formula is C10H23NO. The third kappa shape index (κ3) is 9.92. The predicted molar refractivity (Wildman–Crippen MR) is 53.4 cm³/mol. The van der Waals surface area contributed by atoms with Gasteiger partial charge in [-0.25, -0.2) is 0 Å². The molecule has 0 unspecified atom stereocenters. The molecule has 0 aromatic rings. The van der Waals surface area contributed by atoms with Gasteiger partial charge >= 0.3 is 0 Å². The molecule has 0 atom stereocenters. The third-order valence-corrected chi connectivity index (χ3v) is 1.76. The highest BCUT2D eigenvalue weighted by Gasteiger charge is 2.07. The van der Waals surface area contributed by atoms with Gasteiger partial charge in [0.05, 0.1) is 0 Å². The first-order valence-electron chi connectivity index (χ1n) is 4.76. The summed E-state index contributed by atoms with van der Waals surface area (Å²) in [7, 11) is 1.74. The van der Waals surface area contributed by atoms with E-state index >= 15 is 0 Å². The number of rotatable bonds is 2. The van der Waals surface area contributed by atoms with Crippen molar-refractivity contribution in [2.45, 2.75) is 33.6 Å². The molecule has 0 radical (unpaired) electrons. The van der Waals surface area contributed by atoms with Crippen molar-refractivity contribution in [3.05, 3.63) is 0 Å². The Hall–Kier alpha value is -0.0800. The van der Waals surface area contributed by atoms with Crippen LogP contribution in [0.1, 0.15) is 33.6 Å². The Bertz CT molecular complexity index is 88.5. The molecule has 2 nitrogen and oxygen atoms in total. The second kappa shape index (κ2) is 6.44. The lowest BCUT2D eigenvalue weighted by Crippen LogP contribution is -2.29. The van der Waals surface area contributed by atoms with E-state index < -0.39 is 0 Å². The molecule has 0 spiro atoms. The quantitative estimate of drug-likeness (QED) is 0.690. The van der Waals surface area contributed by atoms with Crippen LogP contribution in [0, 0.1) is 5.41 Å². The van der Waals surface area contributed by atoms with E-state index in [0.29, 0.717) is 5.41 Å². The van der Waals surface area contributed by atoms with Crippen LogP contribution in [-0.4, -0.2) is 26.8 Å². The zero-order chi connectivity index (χ0) is 9.45. The highest BCUT2D eigenvalue weighted by atomic mass is 16.5. The van der Waals surface area contributed by atoms with Crippen LogP contribution >= 0.6 is 0 Å². The zero-order valence-electron chi connectivity index (χ0n) is 8.94. The Morgan fingerprint density at radius 3 is 1.75 bits per heavy atom. The van der Waals surface area contributed by atoms with E-state index in [1.54, 1.807) is 7.11 Å². The standard InChI is InChI=1S/C7H16O.C3H7N/c1-7(2,3)5-6-8-4;1-2-4-3-1/h5-6H2,1-4H3;4H,1-3H2. The van der Waals surface area contributed by atoms with E-state index in [-0.39, 0.29) is 0 Å². The van der Waals surface area contributed by atoms with Crippen molar-refractivity contribution >= 4 is 0 Å². The summed E-state index contributed by atoms with van der Waals surface area (Å²) in [6.45, 7) is 10.0. The van der Waals surface area contributed by atoms with Gasteiger partial charge in [0.15, 0.2) is 0 Å². The van der Waals surface area contributed by atoms with Crippen LogP contribution < -0.4 is 5.32 Å². The van der Waals surface area contributed by atoms with Crippen LogP contribution in [-0.2, 0) is 4.74 Å². The summed E-state index contributed by atoms with van der Waals surface area (Å²) in [5.74, 6) is 0. The molecule has 0 amide bonds. The molecule has 1 saturated heterocycles. The summed E-state index contributed by atoms with van der Waals surface area (Å²) < 4.78 is 4.92. The van der Waals surface area contributed by atoms with E-state index in [1.165, 1.54) is 19.5 Å². The molecule has 0 aromatic carbocycles. The number of methoxy groups -OCH3 is 1. The van der Waals surface area contributed by atoms with Crippen LogP contribution in [0.5, 0.6) is 0 Å². The van der Waals surface area contributed by atoms with Crippen LogP contribution in [0.4, 0.5) is 0 Å². The number of hydrogen-bond donors (Lipinski definition) is 1. The Morgan fingerprint density at radius 1 is 1.25 bits per heavy atom. The maximum Gasteiger partial charge on any atom is 0.0467 e. The molecule has 1 aliphatic heterocycles. The highest BCUT2D eigenvalue weighted by Crippen LogP contribution is 2.17. The Morgan fingerprint density at radius 2 is 1.67 bits per heavy atom. The van der Waals surface area contributed by atoms with Gasteiger partial charge in [-0.05, 0) is 31.3 Å². The van der Waals surface area contributed by atoms with Crippen molar-refractivity contribution in [1.82, 2.24) is 5.32 Å². The van der Waals surface area contributed by atoms with Crippen LogP contribution in [0.15, 0.2) is 0 Å². The van der Waals surface area contributed by atoms with Crippen molar-refractivity contribution < 1.29 is 4.74 Å². The van der Waals surface area contributed by atoms with Crippen LogP contribution in [0.25, 0.3) is 0 Å². The first kappa shape index (κ1) is 11.9. The normalized spacial score (nSPS) is 16.0. The number of hydrogen-bond acceptors (Lipinski definition) is 2. The molecule has 1 N–H and O–H groups in total. The molecule has 0 bridgehead atoms. The van der Waals surface area contributed by atoms with Gasteiger partial charge in [0.1, 0.15) is 0 Å². The molecule has 74 valence electrons. The largest absolute Gasteiger partial charge is 0.385 e. The van der Waals surface area contributed by atoms with E-state index in [9.17, 15) is 0 Å². The summed E-state index contributed by atoms with van der Waals surface area (Å²) >= 11 is 0.